The molecule has 14 heavy (non-hydrogen) atoms. The topological polar surface area (TPSA) is 0 Å². The lowest BCUT2D eigenvalue weighted by Crippen LogP contribution is -1.61. The van der Waals surface area contributed by atoms with Gasteiger partial charge in [-0.2, -0.15) is 0 Å². The van der Waals surface area contributed by atoms with Gasteiger partial charge in [0.25, 0.3) is 0 Å². The van der Waals surface area contributed by atoms with Gasteiger partial charge >= 0.3 is 0 Å². The summed E-state index contributed by atoms with van der Waals surface area (Å²) >= 11 is 3.20. The van der Waals surface area contributed by atoms with E-state index in [4.69, 9.17) is 6.42 Å². The van der Waals surface area contributed by atoms with Crippen LogP contribution in [-0.2, 0) is 0 Å². The van der Waals surface area contributed by atoms with Crippen LogP contribution in [0.4, 0.5) is 0 Å². The molecule has 2 rings (SSSR count). The number of hydrogen-bond donors (Lipinski definition) is 0. The summed E-state index contributed by atoms with van der Waals surface area (Å²) in [6, 6.07) is 7.88. The van der Waals surface area contributed by atoms with Crippen molar-refractivity contribution in [1.82, 2.24) is 0 Å². The van der Waals surface area contributed by atoms with Crippen LogP contribution >= 0.6 is 22.7 Å². The van der Waals surface area contributed by atoms with Crippen LogP contribution in [0.2, 0.25) is 0 Å². The summed E-state index contributed by atoms with van der Waals surface area (Å²) in [4.78, 5) is 3.03. The Morgan fingerprint density at radius 1 is 1.00 bits per heavy atom. The van der Waals surface area contributed by atoms with Crippen LogP contribution in [0.3, 0.4) is 0 Å². The van der Waals surface area contributed by atoms with Gasteiger partial charge in [0.2, 0.25) is 0 Å². The molecule has 0 aliphatic carbocycles. The fraction of sp³-hybridized carbons (Fsp3) is 0. The third kappa shape index (κ3) is 2.06. The van der Waals surface area contributed by atoms with Crippen molar-refractivity contribution in [2.24, 2.45) is 0 Å². The first-order chi connectivity index (χ1) is 6.88. The van der Waals surface area contributed by atoms with Crippen LogP contribution in [0.5, 0.6) is 0 Å². The number of rotatable bonds is 0. The molecule has 0 amide bonds. The first-order valence-corrected chi connectivity index (χ1v) is 5.70. The lowest BCUT2D eigenvalue weighted by molar-refractivity contribution is 1.88. The summed E-state index contributed by atoms with van der Waals surface area (Å²) in [5.41, 5.74) is 0. The molecule has 0 radical (unpaired) electrons. The summed E-state index contributed by atoms with van der Waals surface area (Å²) < 4.78 is 0. The smallest absolute Gasteiger partial charge is 0.0785 e. The van der Waals surface area contributed by atoms with E-state index in [1.807, 2.05) is 29.6 Å². The minimum absolute atomic E-state index is 0.931. The maximum Gasteiger partial charge on any atom is 0.0785 e. The Morgan fingerprint density at radius 2 is 1.79 bits per heavy atom. The lowest BCUT2D eigenvalue weighted by atomic mass is 10.4. The highest BCUT2D eigenvalue weighted by atomic mass is 32.1. The van der Waals surface area contributed by atoms with Crippen molar-refractivity contribution in [1.29, 1.82) is 0 Å². The molecule has 0 N–H and O–H groups in total. The molecule has 0 aromatic carbocycles. The van der Waals surface area contributed by atoms with E-state index >= 15 is 0 Å². The van der Waals surface area contributed by atoms with E-state index in [-0.39, 0.29) is 0 Å². The standard InChI is InChI=1S/C12H6S2/c1-2-10-5-7-12(14-10)8-6-11-4-3-9-13-11/h1,3-5,7,9H. The molecule has 0 saturated heterocycles. The number of terminal acetylenes is 1. The molecule has 0 aliphatic heterocycles. The average Bonchev–Trinajstić information content (AvgIpc) is 2.86. The van der Waals surface area contributed by atoms with Gasteiger partial charge in [-0.25, -0.2) is 0 Å². The Kier molecular flexibility index (Phi) is 2.70. The quantitative estimate of drug-likeness (QED) is 0.591. The van der Waals surface area contributed by atoms with Crippen molar-refractivity contribution in [3.8, 4) is 24.2 Å². The Labute approximate surface area is 91.2 Å². The van der Waals surface area contributed by atoms with Crippen LogP contribution in [0.1, 0.15) is 14.6 Å². The maximum atomic E-state index is 5.27. The number of hydrogen-bond acceptors (Lipinski definition) is 2. The van der Waals surface area contributed by atoms with Gasteiger partial charge in [0.15, 0.2) is 0 Å². The molecule has 66 valence electrons. The average molecular weight is 214 g/mol. The highest BCUT2D eigenvalue weighted by Gasteiger charge is 1.92. The minimum Gasteiger partial charge on any atom is -0.135 e. The van der Waals surface area contributed by atoms with Crippen molar-refractivity contribution >= 4 is 22.7 Å². The van der Waals surface area contributed by atoms with E-state index < -0.39 is 0 Å². The Hall–Kier alpha value is -1.48. The molecular formula is C12H6S2. The van der Waals surface area contributed by atoms with E-state index in [1.54, 1.807) is 22.7 Å². The monoisotopic (exact) mass is 214 g/mol. The van der Waals surface area contributed by atoms with Crippen molar-refractivity contribution < 1.29 is 0 Å². The summed E-state index contributed by atoms with van der Waals surface area (Å²) in [7, 11) is 0. The van der Waals surface area contributed by atoms with Crippen LogP contribution in [0, 0.1) is 24.2 Å². The molecule has 2 aromatic heterocycles. The van der Waals surface area contributed by atoms with E-state index in [0.29, 0.717) is 0 Å². The van der Waals surface area contributed by atoms with Crippen LogP contribution in [0.25, 0.3) is 0 Å². The maximum absolute atomic E-state index is 5.27. The van der Waals surface area contributed by atoms with Gasteiger partial charge in [-0.05, 0) is 35.4 Å². The molecular weight excluding hydrogens is 208 g/mol. The second kappa shape index (κ2) is 4.15. The highest BCUT2D eigenvalue weighted by molar-refractivity contribution is 7.13. The second-order valence-corrected chi connectivity index (χ2v) is 4.57. The predicted molar refractivity (Wildman–Crippen MR) is 62.6 cm³/mol. The molecule has 0 saturated carbocycles. The van der Waals surface area contributed by atoms with Crippen LogP contribution in [-0.4, -0.2) is 0 Å². The first-order valence-electron chi connectivity index (χ1n) is 4.00. The molecule has 0 atom stereocenters. The van der Waals surface area contributed by atoms with Crippen molar-refractivity contribution in [2.45, 2.75) is 0 Å². The number of thiophene rings is 2. The van der Waals surface area contributed by atoms with Gasteiger partial charge in [0.05, 0.1) is 14.6 Å². The predicted octanol–water partition coefficient (Wildman–Crippen LogP) is 3.19. The second-order valence-electron chi connectivity index (χ2n) is 2.54. The van der Waals surface area contributed by atoms with Crippen molar-refractivity contribution in [3.05, 3.63) is 44.3 Å². The van der Waals surface area contributed by atoms with Gasteiger partial charge in [0, 0.05) is 0 Å². The van der Waals surface area contributed by atoms with E-state index in [9.17, 15) is 0 Å². The summed E-state index contributed by atoms with van der Waals surface area (Å²) in [5.74, 6) is 8.77. The molecule has 2 heterocycles. The van der Waals surface area contributed by atoms with Crippen LogP contribution < -0.4 is 0 Å². The Balaban J connectivity index is 2.23. The zero-order valence-electron chi connectivity index (χ0n) is 7.28. The molecule has 0 fully saturated rings. The molecule has 0 unspecified atom stereocenters. The fourth-order valence-electron chi connectivity index (χ4n) is 0.956. The first kappa shape index (κ1) is 9.09. The third-order valence-corrected chi connectivity index (χ3v) is 3.30. The molecule has 0 aliphatic rings. The normalized spacial score (nSPS) is 8.79. The zero-order chi connectivity index (χ0) is 9.80. The van der Waals surface area contributed by atoms with Gasteiger partial charge in [0.1, 0.15) is 0 Å². The van der Waals surface area contributed by atoms with Crippen molar-refractivity contribution in [2.75, 3.05) is 0 Å². The Morgan fingerprint density at radius 3 is 2.43 bits per heavy atom. The van der Waals surface area contributed by atoms with Gasteiger partial charge in [-0.15, -0.1) is 29.1 Å². The SMILES string of the molecule is C#Cc1ccc(C#Cc2cccs2)s1. The summed E-state index contributed by atoms with van der Waals surface area (Å²) in [5, 5.41) is 2.02. The van der Waals surface area contributed by atoms with E-state index in [1.165, 1.54) is 0 Å². The molecule has 0 spiro atoms. The van der Waals surface area contributed by atoms with Gasteiger partial charge < -0.3 is 0 Å². The molecule has 0 bridgehead atoms. The van der Waals surface area contributed by atoms with Crippen LogP contribution in [0.15, 0.2) is 29.6 Å². The highest BCUT2D eigenvalue weighted by Crippen LogP contribution is 2.14. The molecule has 2 heteroatoms. The molecule has 2 aromatic rings. The van der Waals surface area contributed by atoms with Gasteiger partial charge in [-0.1, -0.05) is 12.0 Å². The molecule has 0 nitrogen and oxygen atoms in total. The fourth-order valence-corrected chi connectivity index (χ4v) is 2.20. The summed E-state index contributed by atoms with van der Waals surface area (Å²) in [6.07, 6.45) is 5.27. The lowest BCUT2D eigenvalue weighted by Gasteiger charge is -1.77. The third-order valence-electron chi connectivity index (χ3n) is 1.58. The zero-order valence-corrected chi connectivity index (χ0v) is 8.91. The van der Waals surface area contributed by atoms with Gasteiger partial charge in [-0.3, -0.25) is 0 Å². The summed E-state index contributed by atoms with van der Waals surface area (Å²) in [6.45, 7) is 0. The minimum atomic E-state index is 0.931. The van der Waals surface area contributed by atoms with E-state index in [0.717, 1.165) is 14.6 Å². The Bertz CT molecular complexity index is 513. The largest absolute Gasteiger partial charge is 0.135 e. The van der Waals surface area contributed by atoms with E-state index in [2.05, 4.69) is 17.8 Å². The van der Waals surface area contributed by atoms with Crippen molar-refractivity contribution in [3.63, 3.8) is 0 Å².